The van der Waals surface area contributed by atoms with Gasteiger partial charge in [-0.2, -0.15) is 8.78 Å². The molecule has 0 aliphatic heterocycles. The summed E-state index contributed by atoms with van der Waals surface area (Å²) in [7, 11) is 0. The van der Waals surface area contributed by atoms with Crippen molar-refractivity contribution in [3.05, 3.63) is 64.7 Å². The zero-order valence-electron chi connectivity index (χ0n) is 13.6. The van der Waals surface area contributed by atoms with E-state index in [0.29, 0.717) is 18.0 Å². The van der Waals surface area contributed by atoms with Crippen molar-refractivity contribution < 1.29 is 23.1 Å². The number of carbonyl (C=O) groups excluding carboxylic acids is 2. The van der Waals surface area contributed by atoms with Crippen LogP contribution >= 0.6 is 23.4 Å². The Bertz CT molecular complexity index is 756. The monoisotopic (exact) mass is 399 g/mol. The lowest BCUT2D eigenvalue weighted by Crippen LogP contribution is -2.30. The number of halogens is 3. The van der Waals surface area contributed by atoms with Gasteiger partial charge in [-0.15, -0.1) is 0 Å². The Balaban J connectivity index is 1.78. The summed E-state index contributed by atoms with van der Waals surface area (Å²) >= 11 is 6.05. The van der Waals surface area contributed by atoms with Crippen molar-refractivity contribution >= 4 is 35.2 Å². The predicted molar refractivity (Wildman–Crippen MR) is 96.8 cm³/mol. The first-order valence-electron chi connectivity index (χ1n) is 7.68. The van der Waals surface area contributed by atoms with E-state index < -0.39 is 24.2 Å². The van der Waals surface area contributed by atoms with Crippen LogP contribution in [0.3, 0.4) is 0 Å². The van der Waals surface area contributed by atoms with E-state index in [0.717, 1.165) is 5.56 Å². The maximum absolute atomic E-state index is 12.5. The first-order chi connectivity index (χ1) is 12.5. The number of nitrogens with one attached hydrogen (secondary N) is 1. The molecule has 8 heteroatoms. The first-order valence-corrected chi connectivity index (χ1v) is 8.93. The van der Waals surface area contributed by atoms with Gasteiger partial charge in [-0.1, -0.05) is 47.6 Å². The summed E-state index contributed by atoms with van der Waals surface area (Å²) in [6, 6.07) is 13.1. The number of rotatable bonds is 8. The second kappa shape index (κ2) is 10.1. The molecule has 1 N–H and O–H groups in total. The highest BCUT2D eigenvalue weighted by atomic mass is 35.5. The molecule has 0 saturated heterocycles. The summed E-state index contributed by atoms with van der Waals surface area (Å²) in [4.78, 5) is 23.9. The van der Waals surface area contributed by atoms with E-state index in [2.05, 4.69) is 5.32 Å². The fourth-order valence-electron chi connectivity index (χ4n) is 2.09. The Morgan fingerprint density at radius 1 is 1.12 bits per heavy atom. The molecule has 0 unspecified atom stereocenters. The van der Waals surface area contributed by atoms with Crippen molar-refractivity contribution in [1.29, 1.82) is 0 Å². The van der Waals surface area contributed by atoms with Gasteiger partial charge in [-0.3, -0.25) is 4.79 Å². The van der Waals surface area contributed by atoms with Gasteiger partial charge in [0.15, 0.2) is 6.61 Å². The van der Waals surface area contributed by atoms with Crippen LogP contribution in [0.1, 0.15) is 15.9 Å². The lowest BCUT2D eigenvalue weighted by Gasteiger charge is -2.09. The van der Waals surface area contributed by atoms with Gasteiger partial charge >= 0.3 is 5.97 Å². The third kappa shape index (κ3) is 6.65. The Kier molecular flexibility index (Phi) is 7.87. The SMILES string of the molecule is O=C(COC(=O)c1ccccc1SC(F)F)NCCc1ccc(Cl)cc1. The van der Waals surface area contributed by atoms with Gasteiger partial charge in [-0.25, -0.2) is 4.79 Å². The fraction of sp³-hybridized carbons (Fsp3) is 0.222. The van der Waals surface area contributed by atoms with E-state index in [9.17, 15) is 18.4 Å². The molecule has 0 spiro atoms. The molecule has 0 atom stereocenters. The minimum Gasteiger partial charge on any atom is -0.452 e. The molecular formula is C18H16ClF2NO3S. The molecule has 2 aromatic rings. The largest absolute Gasteiger partial charge is 0.452 e. The van der Waals surface area contributed by atoms with Gasteiger partial charge in [-0.05, 0) is 36.2 Å². The molecular weight excluding hydrogens is 384 g/mol. The molecule has 0 aliphatic carbocycles. The van der Waals surface area contributed by atoms with Crippen LogP contribution in [0.15, 0.2) is 53.4 Å². The maximum Gasteiger partial charge on any atom is 0.339 e. The number of amides is 1. The van der Waals surface area contributed by atoms with Crippen LogP contribution in [0, 0.1) is 0 Å². The van der Waals surface area contributed by atoms with Crippen LogP contribution in [0.4, 0.5) is 8.78 Å². The molecule has 0 aliphatic rings. The molecule has 1 amide bonds. The van der Waals surface area contributed by atoms with Crippen molar-refractivity contribution in [3.8, 4) is 0 Å². The van der Waals surface area contributed by atoms with Crippen molar-refractivity contribution in [2.24, 2.45) is 0 Å². The third-order valence-electron chi connectivity index (χ3n) is 3.31. The maximum atomic E-state index is 12.5. The summed E-state index contributed by atoms with van der Waals surface area (Å²) in [5.41, 5.74) is 1.01. The zero-order valence-corrected chi connectivity index (χ0v) is 15.2. The summed E-state index contributed by atoms with van der Waals surface area (Å²) in [5, 5.41) is 3.26. The van der Waals surface area contributed by atoms with Crippen LogP contribution in [0.25, 0.3) is 0 Å². The molecule has 26 heavy (non-hydrogen) atoms. The molecule has 2 rings (SSSR count). The summed E-state index contributed by atoms with van der Waals surface area (Å²) in [5.74, 6) is -3.94. The number of thioether (sulfide) groups is 1. The van der Waals surface area contributed by atoms with E-state index in [1.54, 1.807) is 18.2 Å². The Morgan fingerprint density at radius 3 is 2.50 bits per heavy atom. The molecule has 0 aromatic heterocycles. The molecule has 0 heterocycles. The normalized spacial score (nSPS) is 10.6. The quantitative estimate of drug-likeness (QED) is 0.534. The first kappa shape index (κ1) is 20.2. The Morgan fingerprint density at radius 2 is 1.81 bits per heavy atom. The molecule has 2 aromatic carbocycles. The number of benzene rings is 2. The topological polar surface area (TPSA) is 55.4 Å². The van der Waals surface area contributed by atoms with Gasteiger partial charge in [0.1, 0.15) is 0 Å². The van der Waals surface area contributed by atoms with Crippen LogP contribution in [0.2, 0.25) is 5.02 Å². The van der Waals surface area contributed by atoms with Crippen molar-refractivity contribution in [1.82, 2.24) is 5.32 Å². The number of hydrogen-bond donors (Lipinski definition) is 1. The van der Waals surface area contributed by atoms with E-state index in [1.807, 2.05) is 12.1 Å². The summed E-state index contributed by atoms with van der Waals surface area (Å²) < 4.78 is 29.9. The number of ether oxygens (including phenoxy) is 1. The summed E-state index contributed by atoms with van der Waals surface area (Å²) in [6.07, 6.45) is 0.602. The minimum absolute atomic E-state index is 0.00626. The van der Waals surface area contributed by atoms with Gasteiger partial charge < -0.3 is 10.1 Å². The van der Waals surface area contributed by atoms with Gasteiger partial charge in [0.2, 0.25) is 0 Å². The number of esters is 1. The average molecular weight is 400 g/mol. The molecule has 0 fully saturated rings. The highest BCUT2D eigenvalue weighted by Gasteiger charge is 2.17. The standard InChI is InChI=1S/C18H16ClF2NO3S/c19-13-7-5-12(6-8-13)9-10-22-16(23)11-25-17(24)14-3-1-2-4-15(14)26-18(20)21/h1-8,18H,9-11H2,(H,22,23). The van der Waals surface area contributed by atoms with Gasteiger partial charge in [0.05, 0.1) is 5.56 Å². The van der Waals surface area contributed by atoms with Crippen molar-refractivity contribution in [3.63, 3.8) is 0 Å². The molecule has 4 nitrogen and oxygen atoms in total. The van der Waals surface area contributed by atoms with Crippen LogP contribution in [0.5, 0.6) is 0 Å². The predicted octanol–water partition coefficient (Wildman–Crippen LogP) is 4.17. The van der Waals surface area contributed by atoms with E-state index in [1.165, 1.54) is 18.2 Å². The fourth-order valence-corrected chi connectivity index (χ4v) is 2.84. The lowest BCUT2D eigenvalue weighted by molar-refractivity contribution is -0.124. The molecule has 0 saturated carbocycles. The van der Waals surface area contributed by atoms with Crippen molar-refractivity contribution in [2.45, 2.75) is 17.1 Å². The third-order valence-corrected chi connectivity index (χ3v) is 4.35. The molecule has 0 radical (unpaired) electrons. The van der Waals surface area contributed by atoms with E-state index >= 15 is 0 Å². The van der Waals surface area contributed by atoms with Crippen LogP contribution in [-0.2, 0) is 16.0 Å². The number of hydrogen-bond acceptors (Lipinski definition) is 4. The Labute approximate surface area is 158 Å². The second-order valence-electron chi connectivity index (χ2n) is 5.18. The highest BCUT2D eigenvalue weighted by Crippen LogP contribution is 2.28. The zero-order chi connectivity index (χ0) is 18.9. The molecule has 138 valence electrons. The lowest BCUT2D eigenvalue weighted by atomic mass is 10.1. The number of carbonyl (C=O) groups is 2. The van der Waals surface area contributed by atoms with E-state index in [-0.39, 0.29) is 22.2 Å². The van der Waals surface area contributed by atoms with Crippen LogP contribution < -0.4 is 5.32 Å². The summed E-state index contributed by atoms with van der Waals surface area (Å²) in [6.45, 7) is -0.108. The molecule has 0 bridgehead atoms. The van der Waals surface area contributed by atoms with Gasteiger partial charge in [0, 0.05) is 16.5 Å². The number of alkyl halides is 2. The minimum atomic E-state index is -2.65. The highest BCUT2D eigenvalue weighted by molar-refractivity contribution is 7.99. The van der Waals surface area contributed by atoms with Crippen molar-refractivity contribution in [2.75, 3.05) is 13.2 Å². The van der Waals surface area contributed by atoms with Gasteiger partial charge in [0.25, 0.3) is 11.7 Å². The second-order valence-corrected chi connectivity index (χ2v) is 6.65. The Hall–Kier alpha value is -2.12. The van der Waals surface area contributed by atoms with E-state index in [4.69, 9.17) is 16.3 Å². The average Bonchev–Trinajstić information content (AvgIpc) is 2.61. The van der Waals surface area contributed by atoms with Crippen LogP contribution in [-0.4, -0.2) is 30.8 Å². The smallest absolute Gasteiger partial charge is 0.339 e.